The molecule has 12 heteroatoms. The number of carbonyl (C=O) groups excluding carboxylic acids is 1. The summed E-state index contributed by atoms with van der Waals surface area (Å²) in [6, 6.07) is 10.7. The summed E-state index contributed by atoms with van der Waals surface area (Å²) in [6.07, 6.45) is 1.49. The molecule has 6 rings (SSSR count). The molecule has 3 aliphatic heterocycles. The summed E-state index contributed by atoms with van der Waals surface area (Å²) in [7, 11) is 0. The highest BCUT2D eigenvalue weighted by Gasteiger charge is 2.31. The Morgan fingerprint density at radius 2 is 1.85 bits per heavy atom. The monoisotopic (exact) mass is 556 g/mol. The largest absolute Gasteiger partial charge is 0.416 e. The highest BCUT2D eigenvalue weighted by Crippen LogP contribution is 2.39. The van der Waals surface area contributed by atoms with E-state index in [1.807, 2.05) is 32.0 Å². The van der Waals surface area contributed by atoms with Crippen molar-refractivity contribution in [1.82, 2.24) is 24.5 Å². The number of rotatable bonds is 4. The summed E-state index contributed by atoms with van der Waals surface area (Å²) in [5.41, 5.74) is 4.58. The van der Waals surface area contributed by atoms with Crippen LogP contribution in [0.1, 0.15) is 27.2 Å². The van der Waals surface area contributed by atoms with Gasteiger partial charge in [-0.25, -0.2) is 9.98 Å². The minimum absolute atomic E-state index is 0.326. The van der Waals surface area contributed by atoms with E-state index < -0.39 is 17.6 Å². The van der Waals surface area contributed by atoms with Crippen molar-refractivity contribution < 1.29 is 18.0 Å². The molecule has 3 aromatic rings. The molecule has 3 aliphatic rings. The van der Waals surface area contributed by atoms with E-state index in [1.54, 1.807) is 30.7 Å². The maximum Gasteiger partial charge on any atom is 0.416 e. The van der Waals surface area contributed by atoms with Crippen LogP contribution in [0, 0.1) is 13.8 Å². The van der Waals surface area contributed by atoms with Gasteiger partial charge in [0.2, 0.25) is 0 Å². The third kappa shape index (κ3) is 5.11. The van der Waals surface area contributed by atoms with Gasteiger partial charge in [0, 0.05) is 48.5 Å². The molecule has 0 aliphatic carbocycles. The Morgan fingerprint density at radius 3 is 2.66 bits per heavy atom. The minimum Gasteiger partial charge on any atom is -0.369 e. The summed E-state index contributed by atoms with van der Waals surface area (Å²) in [6.45, 7) is 5.26. The molecular weight excluding hydrogens is 533 g/mol. The molecule has 9 nitrogen and oxygen atoms in total. The van der Waals surface area contributed by atoms with Crippen molar-refractivity contribution in [1.29, 1.82) is 0 Å². The molecule has 41 heavy (non-hydrogen) atoms. The van der Waals surface area contributed by atoms with Crippen LogP contribution in [0.25, 0.3) is 22.5 Å². The van der Waals surface area contributed by atoms with Crippen molar-refractivity contribution in [2.75, 3.05) is 17.2 Å². The quantitative estimate of drug-likeness (QED) is 0.307. The van der Waals surface area contributed by atoms with E-state index in [4.69, 9.17) is 4.98 Å². The molecule has 2 N–H and O–H groups in total. The standard InChI is InChI=1S/C29H23F3N8O/c1-16-3-4-20(37-27(41)23-12-19(6-8-34-23)29(30,31)32)13-21(16)22-11-18-14-36-28(38-24-15-33-7-5-17(24)2)39-25(18)40-10-9-35-26(22)40/h3-8,11-15,35H,9-10H2,1-2H3,(H,37,41). The van der Waals surface area contributed by atoms with Crippen molar-refractivity contribution in [3.63, 3.8) is 0 Å². The number of pyridine rings is 3. The van der Waals surface area contributed by atoms with Crippen LogP contribution in [0.4, 0.5) is 30.4 Å². The third-order valence-corrected chi connectivity index (χ3v) is 6.83. The summed E-state index contributed by atoms with van der Waals surface area (Å²) in [4.78, 5) is 34.5. The Labute approximate surface area is 232 Å². The highest BCUT2D eigenvalue weighted by molar-refractivity contribution is 6.03. The van der Waals surface area contributed by atoms with Gasteiger partial charge in [-0.15, -0.1) is 0 Å². The Balaban J connectivity index is 1.38. The second-order valence-electron chi connectivity index (χ2n) is 9.62. The normalized spacial score (nSPS) is 13.2. The van der Waals surface area contributed by atoms with Crippen LogP contribution in [-0.4, -0.2) is 37.0 Å². The van der Waals surface area contributed by atoms with E-state index in [9.17, 15) is 18.0 Å². The van der Waals surface area contributed by atoms with Crippen molar-refractivity contribution in [3.05, 3.63) is 95.3 Å². The van der Waals surface area contributed by atoms with E-state index in [-0.39, 0.29) is 5.69 Å². The minimum atomic E-state index is -4.58. The Bertz CT molecular complexity index is 1850. The predicted molar refractivity (Wildman–Crippen MR) is 147 cm³/mol. The number of fused-ring (bicyclic) bond motifs is 3. The lowest BCUT2D eigenvalue weighted by Crippen LogP contribution is -2.17. The predicted octanol–water partition coefficient (Wildman–Crippen LogP) is 5.39. The van der Waals surface area contributed by atoms with Gasteiger partial charge in [-0.2, -0.15) is 18.2 Å². The fourth-order valence-electron chi connectivity index (χ4n) is 4.72. The van der Waals surface area contributed by atoms with E-state index in [2.05, 4.69) is 35.1 Å². The van der Waals surface area contributed by atoms with Crippen LogP contribution in [0.15, 0.2) is 72.2 Å². The maximum atomic E-state index is 13.1. The van der Waals surface area contributed by atoms with Crippen LogP contribution in [0.2, 0.25) is 0 Å². The second kappa shape index (κ2) is 10.1. The molecule has 5 heterocycles. The molecule has 0 bridgehead atoms. The average molecular weight is 557 g/mol. The maximum absolute atomic E-state index is 13.1. The number of benzene rings is 1. The van der Waals surface area contributed by atoms with Crippen LogP contribution in [0.5, 0.6) is 0 Å². The van der Waals surface area contributed by atoms with Crippen molar-refractivity contribution in [3.8, 4) is 22.5 Å². The molecule has 0 saturated carbocycles. The summed E-state index contributed by atoms with van der Waals surface area (Å²) >= 11 is 0. The molecule has 0 spiro atoms. The first kappa shape index (κ1) is 26.1. The molecule has 0 unspecified atom stereocenters. The number of halogens is 3. The van der Waals surface area contributed by atoms with E-state index in [0.29, 0.717) is 30.1 Å². The molecule has 0 saturated heterocycles. The van der Waals surface area contributed by atoms with Gasteiger partial charge in [0.25, 0.3) is 11.5 Å². The number of hydrogen-bond donors (Lipinski definition) is 2. The molecule has 2 aromatic heterocycles. The van der Waals surface area contributed by atoms with Gasteiger partial charge in [-0.1, -0.05) is 6.07 Å². The SMILES string of the molecule is Cc1ccncc1N=c1ncc2cc(-c3cc(NC(=O)c4cc(C(F)(F)F)ccn4)ccc3C)c3n(c-2n1)CCN3. The van der Waals surface area contributed by atoms with Gasteiger partial charge in [-0.3, -0.25) is 14.8 Å². The van der Waals surface area contributed by atoms with Gasteiger partial charge in [0.1, 0.15) is 17.3 Å². The van der Waals surface area contributed by atoms with E-state index >= 15 is 0 Å². The van der Waals surface area contributed by atoms with Gasteiger partial charge >= 0.3 is 6.18 Å². The van der Waals surface area contributed by atoms with E-state index in [1.165, 1.54) is 0 Å². The molecule has 206 valence electrons. The first-order chi connectivity index (χ1) is 19.7. The van der Waals surface area contributed by atoms with Crippen molar-refractivity contribution >= 4 is 23.1 Å². The number of alkyl halides is 3. The lowest BCUT2D eigenvalue weighted by Gasteiger charge is -2.19. The zero-order chi connectivity index (χ0) is 28.7. The summed E-state index contributed by atoms with van der Waals surface area (Å²) < 4.78 is 41.4. The molecule has 0 atom stereocenters. The molecule has 0 fully saturated rings. The molecule has 1 amide bonds. The first-order valence-electron chi connectivity index (χ1n) is 12.7. The first-order valence-corrected chi connectivity index (χ1v) is 12.7. The van der Waals surface area contributed by atoms with Crippen LogP contribution in [-0.2, 0) is 12.7 Å². The lowest BCUT2D eigenvalue weighted by molar-refractivity contribution is -0.137. The van der Waals surface area contributed by atoms with Crippen LogP contribution < -0.4 is 16.3 Å². The fourth-order valence-corrected chi connectivity index (χ4v) is 4.72. The number of amides is 1. The number of carbonyl (C=O) groups is 1. The summed E-state index contributed by atoms with van der Waals surface area (Å²) in [5.74, 6) is 0.836. The smallest absolute Gasteiger partial charge is 0.369 e. The second-order valence-corrected chi connectivity index (χ2v) is 9.62. The average Bonchev–Trinajstić information content (AvgIpc) is 3.45. The van der Waals surface area contributed by atoms with Crippen LogP contribution >= 0.6 is 0 Å². The fraction of sp³-hybridized carbons (Fsp3) is 0.172. The zero-order valence-corrected chi connectivity index (χ0v) is 22.0. The van der Waals surface area contributed by atoms with Gasteiger partial charge in [0.15, 0.2) is 0 Å². The highest BCUT2D eigenvalue weighted by atomic mass is 19.4. The zero-order valence-electron chi connectivity index (χ0n) is 22.0. The van der Waals surface area contributed by atoms with Gasteiger partial charge in [-0.05, 0) is 66.9 Å². The number of nitrogens with one attached hydrogen (secondary N) is 2. The number of aryl methyl sites for hydroxylation is 2. The number of hydrogen-bond acceptors (Lipinski definition) is 7. The molecular formula is C29H23F3N8O. The molecule has 1 aromatic carbocycles. The lowest BCUT2D eigenvalue weighted by atomic mass is 9.98. The number of anilines is 2. The van der Waals surface area contributed by atoms with E-state index in [0.717, 1.165) is 57.8 Å². The Hall–Kier alpha value is -5.13. The third-order valence-electron chi connectivity index (χ3n) is 6.83. The van der Waals surface area contributed by atoms with Gasteiger partial charge < -0.3 is 15.2 Å². The Kier molecular flexibility index (Phi) is 6.45. The number of nitrogens with zero attached hydrogens (tertiary/aromatic N) is 6. The molecule has 0 radical (unpaired) electrons. The van der Waals surface area contributed by atoms with Crippen molar-refractivity contribution in [2.45, 2.75) is 26.6 Å². The Morgan fingerprint density at radius 1 is 1.00 bits per heavy atom. The van der Waals surface area contributed by atoms with Gasteiger partial charge in [0.05, 0.1) is 17.4 Å². The van der Waals surface area contributed by atoms with Crippen LogP contribution in [0.3, 0.4) is 0 Å². The summed E-state index contributed by atoms with van der Waals surface area (Å²) in [5, 5.41) is 6.11. The van der Waals surface area contributed by atoms with Crippen molar-refractivity contribution in [2.24, 2.45) is 4.99 Å². The number of aromatic nitrogens is 5. The topological polar surface area (TPSA) is 110 Å².